The maximum Gasteiger partial charge on any atom is 0.251 e. The van der Waals surface area contributed by atoms with Crippen LogP contribution in [0.4, 0.5) is 5.69 Å². The van der Waals surface area contributed by atoms with Crippen molar-refractivity contribution in [2.75, 3.05) is 31.5 Å². The van der Waals surface area contributed by atoms with Crippen LogP contribution in [-0.4, -0.2) is 47.9 Å². The van der Waals surface area contributed by atoms with Crippen LogP contribution in [0.1, 0.15) is 41.0 Å². The van der Waals surface area contributed by atoms with E-state index in [1.807, 2.05) is 19.1 Å². The third-order valence-corrected chi connectivity index (χ3v) is 6.48. The van der Waals surface area contributed by atoms with Crippen LogP contribution < -0.4 is 10.6 Å². The molecule has 1 atom stereocenters. The van der Waals surface area contributed by atoms with Gasteiger partial charge in [-0.15, -0.1) is 11.3 Å². The number of nitrogens with zero attached hydrogens (tertiary/aromatic N) is 2. The molecule has 30 heavy (non-hydrogen) atoms. The molecule has 0 radical (unpaired) electrons. The fraction of sp³-hybridized carbons (Fsp3) is 0.348. The monoisotopic (exact) mass is 422 g/mol. The van der Waals surface area contributed by atoms with E-state index in [2.05, 4.69) is 27.7 Å². The van der Waals surface area contributed by atoms with Crippen LogP contribution in [-0.2, 0) is 4.79 Å². The summed E-state index contributed by atoms with van der Waals surface area (Å²) in [6.45, 7) is 4.54. The number of aromatic nitrogens is 1. The lowest BCUT2D eigenvalue weighted by molar-refractivity contribution is -0.117. The first-order valence-corrected chi connectivity index (χ1v) is 11.2. The van der Waals surface area contributed by atoms with Crippen LogP contribution >= 0.6 is 11.3 Å². The number of amides is 2. The minimum absolute atomic E-state index is 0.0620. The Balaban J connectivity index is 1.36. The number of nitrogens with one attached hydrogen (secondary N) is 2. The number of rotatable bonds is 6. The molecule has 2 aromatic carbocycles. The molecule has 1 aliphatic heterocycles. The first-order chi connectivity index (χ1) is 14.6. The Kier molecular flexibility index (Phi) is 6.40. The molecule has 1 aromatic heterocycles. The topological polar surface area (TPSA) is 74.3 Å². The SMILES string of the molecule is CCNC(=O)c1cccc(NC(=O)CN2CCC[C@@H](c3nc4ccccc4s3)C2)c1. The van der Waals surface area contributed by atoms with Crippen molar-refractivity contribution >= 4 is 39.1 Å². The van der Waals surface area contributed by atoms with E-state index in [1.54, 1.807) is 35.6 Å². The second-order valence-corrected chi connectivity index (χ2v) is 8.64. The summed E-state index contributed by atoms with van der Waals surface area (Å²) in [6, 6.07) is 15.3. The molecule has 6 nitrogen and oxygen atoms in total. The van der Waals surface area contributed by atoms with E-state index in [4.69, 9.17) is 4.98 Å². The first kappa shape index (κ1) is 20.5. The van der Waals surface area contributed by atoms with Gasteiger partial charge in [0.05, 0.1) is 21.8 Å². The van der Waals surface area contributed by atoms with Gasteiger partial charge in [-0.1, -0.05) is 18.2 Å². The van der Waals surface area contributed by atoms with E-state index < -0.39 is 0 Å². The smallest absolute Gasteiger partial charge is 0.251 e. The normalized spacial score (nSPS) is 17.0. The lowest BCUT2D eigenvalue weighted by atomic mass is 9.99. The van der Waals surface area contributed by atoms with Crippen molar-refractivity contribution in [2.24, 2.45) is 0 Å². The summed E-state index contributed by atoms with van der Waals surface area (Å²) in [6.07, 6.45) is 2.16. The van der Waals surface area contributed by atoms with Gasteiger partial charge in [-0.25, -0.2) is 4.98 Å². The van der Waals surface area contributed by atoms with E-state index in [-0.39, 0.29) is 11.8 Å². The van der Waals surface area contributed by atoms with Crippen molar-refractivity contribution in [3.63, 3.8) is 0 Å². The molecule has 1 aliphatic rings. The summed E-state index contributed by atoms with van der Waals surface area (Å²) in [4.78, 5) is 31.6. The van der Waals surface area contributed by atoms with Gasteiger partial charge < -0.3 is 10.6 Å². The number of carbonyl (C=O) groups is 2. The van der Waals surface area contributed by atoms with Gasteiger partial charge in [0.15, 0.2) is 0 Å². The number of fused-ring (bicyclic) bond motifs is 1. The molecular weight excluding hydrogens is 396 g/mol. The number of anilines is 1. The molecule has 0 unspecified atom stereocenters. The number of benzene rings is 2. The average Bonchev–Trinajstić information content (AvgIpc) is 3.19. The van der Waals surface area contributed by atoms with Crippen molar-refractivity contribution in [3.05, 3.63) is 59.1 Å². The highest BCUT2D eigenvalue weighted by Crippen LogP contribution is 2.32. The van der Waals surface area contributed by atoms with Gasteiger partial charge in [-0.05, 0) is 56.6 Å². The summed E-state index contributed by atoms with van der Waals surface area (Å²) in [5.74, 6) is 0.168. The predicted octanol–water partition coefficient (Wildman–Crippen LogP) is 3.86. The van der Waals surface area contributed by atoms with Crippen LogP contribution in [0.5, 0.6) is 0 Å². The Labute approximate surface area is 180 Å². The van der Waals surface area contributed by atoms with E-state index in [0.717, 1.165) is 36.5 Å². The molecule has 0 saturated carbocycles. The number of para-hydroxylation sites is 1. The van der Waals surface area contributed by atoms with E-state index in [1.165, 1.54) is 4.70 Å². The Morgan fingerprint density at radius 3 is 2.90 bits per heavy atom. The molecule has 2 N–H and O–H groups in total. The van der Waals surface area contributed by atoms with Crippen LogP contribution in [0.15, 0.2) is 48.5 Å². The summed E-state index contributed by atoms with van der Waals surface area (Å²) in [7, 11) is 0. The highest BCUT2D eigenvalue weighted by molar-refractivity contribution is 7.18. The highest BCUT2D eigenvalue weighted by atomic mass is 32.1. The van der Waals surface area contributed by atoms with Gasteiger partial charge in [0.1, 0.15) is 0 Å². The molecule has 1 fully saturated rings. The van der Waals surface area contributed by atoms with E-state index >= 15 is 0 Å². The average molecular weight is 423 g/mol. The highest BCUT2D eigenvalue weighted by Gasteiger charge is 2.25. The zero-order valence-corrected chi connectivity index (χ0v) is 17.9. The van der Waals surface area contributed by atoms with Gasteiger partial charge in [-0.3, -0.25) is 14.5 Å². The number of hydrogen-bond donors (Lipinski definition) is 2. The second-order valence-electron chi connectivity index (χ2n) is 7.58. The Morgan fingerprint density at radius 1 is 1.20 bits per heavy atom. The molecule has 0 aliphatic carbocycles. The molecule has 7 heteroatoms. The quantitative estimate of drug-likeness (QED) is 0.633. The fourth-order valence-corrected chi connectivity index (χ4v) is 4.96. The van der Waals surface area contributed by atoms with Gasteiger partial charge in [0, 0.05) is 30.3 Å². The van der Waals surface area contributed by atoms with Crippen LogP contribution in [0.25, 0.3) is 10.2 Å². The fourth-order valence-electron chi connectivity index (χ4n) is 3.87. The molecule has 0 bridgehead atoms. The molecule has 156 valence electrons. The van der Waals surface area contributed by atoms with E-state index in [0.29, 0.717) is 30.3 Å². The zero-order valence-electron chi connectivity index (χ0n) is 17.1. The lowest BCUT2D eigenvalue weighted by Crippen LogP contribution is -2.39. The van der Waals surface area contributed by atoms with Crippen molar-refractivity contribution in [1.82, 2.24) is 15.2 Å². The second kappa shape index (κ2) is 9.36. The van der Waals surface area contributed by atoms with Crippen molar-refractivity contribution in [3.8, 4) is 0 Å². The molecule has 2 heterocycles. The lowest BCUT2D eigenvalue weighted by Gasteiger charge is -2.31. The third kappa shape index (κ3) is 4.86. The van der Waals surface area contributed by atoms with Crippen molar-refractivity contribution in [2.45, 2.75) is 25.7 Å². The summed E-state index contributed by atoms with van der Waals surface area (Å²) in [5.41, 5.74) is 2.24. The Morgan fingerprint density at radius 2 is 2.07 bits per heavy atom. The number of likely N-dealkylation sites (tertiary alicyclic amines) is 1. The first-order valence-electron chi connectivity index (χ1n) is 10.4. The van der Waals surface area contributed by atoms with Crippen molar-refractivity contribution < 1.29 is 9.59 Å². The summed E-state index contributed by atoms with van der Waals surface area (Å²) < 4.78 is 1.22. The maximum absolute atomic E-state index is 12.6. The number of thiazole rings is 1. The third-order valence-electron chi connectivity index (χ3n) is 5.28. The molecule has 4 rings (SSSR count). The van der Waals surface area contributed by atoms with Crippen LogP contribution in [0.2, 0.25) is 0 Å². The summed E-state index contributed by atoms with van der Waals surface area (Å²) >= 11 is 1.76. The Bertz CT molecular complexity index is 1020. The molecule has 0 spiro atoms. The van der Waals surface area contributed by atoms with Gasteiger partial charge >= 0.3 is 0 Å². The molecular formula is C23H26N4O2S. The standard InChI is InChI=1S/C23H26N4O2S/c1-2-24-22(29)16-7-5-9-18(13-16)25-21(28)15-27-12-6-8-17(14-27)23-26-19-10-3-4-11-20(19)30-23/h3-5,7,9-11,13,17H,2,6,8,12,14-15H2,1H3,(H,24,29)(H,25,28)/t17-/m1/s1. The van der Waals surface area contributed by atoms with Crippen molar-refractivity contribution in [1.29, 1.82) is 0 Å². The van der Waals surface area contributed by atoms with Crippen LogP contribution in [0, 0.1) is 0 Å². The minimum Gasteiger partial charge on any atom is -0.352 e. The number of piperidine rings is 1. The van der Waals surface area contributed by atoms with E-state index in [9.17, 15) is 9.59 Å². The van der Waals surface area contributed by atoms with Gasteiger partial charge in [-0.2, -0.15) is 0 Å². The molecule has 2 amide bonds. The summed E-state index contributed by atoms with van der Waals surface area (Å²) in [5, 5.41) is 6.87. The maximum atomic E-state index is 12.6. The number of carbonyl (C=O) groups excluding carboxylic acids is 2. The zero-order chi connectivity index (χ0) is 20.9. The molecule has 1 saturated heterocycles. The number of hydrogen-bond acceptors (Lipinski definition) is 5. The van der Waals surface area contributed by atoms with Crippen LogP contribution in [0.3, 0.4) is 0 Å². The largest absolute Gasteiger partial charge is 0.352 e. The minimum atomic E-state index is -0.136. The predicted molar refractivity (Wildman–Crippen MR) is 121 cm³/mol. The van der Waals surface area contributed by atoms with Gasteiger partial charge in [0.2, 0.25) is 5.91 Å². The molecule has 3 aromatic rings. The van der Waals surface area contributed by atoms with Gasteiger partial charge in [0.25, 0.3) is 5.91 Å². The Hall–Kier alpha value is -2.77.